The molecular weight excluding hydrogens is 538 g/mol. The van der Waals surface area contributed by atoms with Crippen molar-refractivity contribution >= 4 is 63.1 Å². The third kappa shape index (κ3) is 7.56. The van der Waals surface area contributed by atoms with Crippen molar-refractivity contribution in [2.24, 2.45) is 0 Å². The first kappa shape index (κ1) is 27.4. The largest absolute Gasteiger partial charge is 0.534 e. The summed E-state index contributed by atoms with van der Waals surface area (Å²) in [4.78, 5) is 25.8. The van der Waals surface area contributed by atoms with E-state index in [0.29, 0.717) is 0 Å². The van der Waals surface area contributed by atoms with Crippen LogP contribution in [0.2, 0.25) is 0 Å². The van der Waals surface area contributed by atoms with Crippen LogP contribution in [0.5, 0.6) is 5.75 Å². The Labute approximate surface area is 202 Å². The Hall–Kier alpha value is -1.89. The molecule has 0 N–H and O–H groups in total. The van der Waals surface area contributed by atoms with Gasteiger partial charge in [-0.15, -0.1) is 0 Å². The fourth-order valence-electron chi connectivity index (χ4n) is 2.72. The van der Waals surface area contributed by atoms with Gasteiger partial charge in [-0.2, -0.15) is 21.6 Å². The smallest absolute Gasteiger partial charge is 0.463 e. The molecule has 0 aliphatic carbocycles. The van der Waals surface area contributed by atoms with Gasteiger partial charge in [0.2, 0.25) is 3.79 Å². The van der Waals surface area contributed by atoms with Gasteiger partial charge < -0.3 is 13.7 Å². The van der Waals surface area contributed by atoms with Gasteiger partial charge in [0.25, 0.3) is 0 Å². The lowest BCUT2D eigenvalue weighted by atomic mass is 9.94. The van der Waals surface area contributed by atoms with E-state index < -0.39 is 56.0 Å². The van der Waals surface area contributed by atoms with Crippen molar-refractivity contribution in [2.45, 2.75) is 41.7 Å². The summed E-state index contributed by atoms with van der Waals surface area (Å²) in [6, 6.07) is 2.16. The van der Waals surface area contributed by atoms with Crippen molar-refractivity contribution in [3.63, 3.8) is 0 Å². The van der Waals surface area contributed by atoms with Crippen molar-refractivity contribution in [1.82, 2.24) is 4.90 Å². The van der Waals surface area contributed by atoms with Crippen molar-refractivity contribution < 1.29 is 44.8 Å². The van der Waals surface area contributed by atoms with Gasteiger partial charge in [0.15, 0.2) is 0 Å². The Morgan fingerprint density at radius 3 is 2.36 bits per heavy atom. The predicted molar refractivity (Wildman–Crippen MR) is 113 cm³/mol. The number of halogens is 6. The molecular formula is C18H17Cl3F3NO7S. The molecule has 0 radical (unpaired) electrons. The van der Waals surface area contributed by atoms with E-state index in [4.69, 9.17) is 44.3 Å². The Bertz CT molecular complexity index is 1040. The lowest BCUT2D eigenvalue weighted by molar-refractivity contribution is -0.148. The van der Waals surface area contributed by atoms with E-state index in [1.807, 2.05) is 0 Å². The standard InChI is InChI=1S/C18H17Cl3F3NO7S/c1-10(2)31-15(26)8-14-13-4-3-12(32-33(28,29)18(22,23)24)7-11(13)5-6-25(14)16(27)30-9-17(19,20)21/h3-7,10,14H,8-9H2,1-2H3/t14-/m1/s1. The molecule has 1 atom stereocenters. The second-order valence-electron chi connectivity index (χ2n) is 6.93. The molecule has 1 aromatic carbocycles. The molecule has 15 heteroatoms. The minimum absolute atomic E-state index is 0.192. The van der Waals surface area contributed by atoms with Crippen LogP contribution in [-0.4, -0.2) is 47.4 Å². The maximum Gasteiger partial charge on any atom is 0.534 e. The Kier molecular flexibility index (Phi) is 8.42. The summed E-state index contributed by atoms with van der Waals surface area (Å²) >= 11 is 16.7. The van der Waals surface area contributed by atoms with E-state index in [1.165, 1.54) is 18.3 Å². The zero-order valence-corrected chi connectivity index (χ0v) is 20.0. The Morgan fingerprint density at radius 1 is 1.18 bits per heavy atom. The first-order chi connectivity index (χ1) is 15.0. The number of rotatable bonds is 6. The number of nitrogens with zero attached hydrogens (tertiary/aromatic N) is 1. The molecule has 8 nitrogen and oxygen atoms in total. The highest BCUT2D eigenvalue weighted by Gasteiger charge is 2.48. The quantitative estimate of drug-likeness (QED) is 0.209. The zero-order valence-electron chi connectivity index (χ0n) is 16.9. The third-order valence-corrected chi connectivity index (χ3v) is 5.26. The Morgan fingerprint density at radius 2 is 1.82 bits per heavy atom. The minimum Gasteiger partial charge on any atom is -0.463 e. The minimum atomic E-state index is -5.89. The van der Waals surface area contributed by atoms with E-state index in [1.54, 1.807) is 13.8 Å². The van der Waals surface area contributed by atoms with Crippen LogP contribution < -0.4 is 4.18 Å². The van der Waals surface area contributed by atoms with Crippen LogP contribution in [0.4, 0.5) is 18.0 Å². The molecule has 0 saturated heterocycles. The monoisotopic (exact) mass is 553 g/mol. The summed E-state index contributed by atoms with van der Waals surface area (Å²) < 4.78 is 72.6. The van der Waals surface area contributed by atoms with Gasteiger partial charge in [-0.25, -0.2) is 4.79 Å². The number of alkyl halides is 6. The molecule has 33 heavy (non-hydrogen) atoms. The molecule has 0 saturated carbocycles. The average molecular weight is 555 g/mol. The molecule has 184 valence electrons. The summed E-state index contributed by atoms with van der Waals surface area (Å²) in [6.45, 7) is 2.63. The van der Waals surface area contributed by atoms with Crippen molar-refractivity contribution in [3.05, 3.63) is 35.5 Å². The van der Waals surface area contributed by atoms with Crippen LogP contribution in [0.3, 0.4) is 0 Å². The maximum atomic E-state index is 12.6. The molecule has 0 fully saturated rings. The van der Waals surface area contributed by atoms with E-state index in [2.05, 4.69) is 4.18 Å². The van der Waals surface area contributed by atoms with E-state index in [9.17, 15) is 31.2 Å². The summed E-state index contributed by atoms with van der Waals surface area (Å²) in [5, 5.41) is 0. The first-order valence-corrected chi connectivity index (χ1v) is 11.6. The molecule has 0 unspecified atom stereocenters. The summed E-state index contributed by atoms with van der Waals surface area (Å²) in [6.07, 6.45) is 0.663. The maximum absolute atomic E-state index is 12.6. The van der Waals surface area contributed by atoms with Crippen molar-refractivity contribution in [3.8, 4) is 5.75 Å². The summed E-state index contributed by atoms with van der Waals surface area (Å²) in [5.41, 5.74) is -5.15. The highest BCUT2D eigenvalue weighted by molar-refractivity contribution is 7.88. The number of ether oxygens (including phenoxy) is 2. The van der Waals surface area contributed by atoms with E-state index in [0.717, 1.165) is 17.0 Å². The first-order valence-electron chi connectivity index (χ1n) is 9.04. The van der Waals surface area contributed by atoms with Crippen LogP contribution >= 0.6 is 34.8 Å². The van der Waals surface area contributed by atoms with Gasteiger partial charge in [0.05, 0.1) is 18.6 Å². The van der Waals surface area contributed by atoms with Crippen LogP contribution in [0.15, 0.2) is 24.4 Å². The predicted octanol–water partition coefficient (Wildman–Crippen LogP) is 5.09. The zero-order chi connectivity index (χ0) is 25.2. The van der Waals surface area contributed by atoms with Gasteiger partial charge in [-0.1, -0.05) is 40.9 Å². The number of esters is 1. The number of carbonyl (C=O) groups is 2. The van der Waals surface area contributed by atoms with Crippen LogP contribution in [0.1, 0.15) is 37.4 Å². The van der Waals surface area contributed by atoms with Crippen LogP contribution in [0.25, 0.3) is 6.08 Å². The molecule has 1 amide bonds. The van der Waals surface area contributed by atoms with Gasteiger partial charge in [0.1, 0.15) is 12.4 Å². The van der Waals surface area contributed by atoms with Gasteiger partial charge >= 0.3 is 27.7 Å². The number of carbonyl (C=O) groups excluding carboxylic acids is 2. The summed E-state index contributed by atoms with van der Waals surface area (Å²) in [7, 11) is -5.89. The highest BCUT2D eigenvalue weighted by Crippen LogP contribution is 2.37. The molecule has 1 aliphatic heterocycles. The topological polar surface area (TPSA) is 99.2 Å². The number of fused-ring (bicyclic) bond motifs is 1. The van der Waals surface area contributed by atoms with Gasteiger partial charge in [-0.3, -0.25) is 9.69 Å². The molecule has 0 bridgehead atoms. The van der Waals surface area contributed by atoms with E-state index >= 15 is 0 Å². The average Bonchev–Trinajstić information content (AvgIpc) is 2.63. The van der Waals surface area contributed by atoms with Crippen LogP contribution in [-0.2, 0) is 24.4 Å². The second kappa shape index (κ2) is 10.2. The van der Waals surface area contributed by atoms with Crippen molar-refractivity contribution in [2.75, 3.05) is 6.61 Å². The van der Waals surface area contributed by atoms with Gasteiger partial charge in [0, 0.05) is 6.20 Å². The third-order valence-electron chi connectivity index (χ3n) is 3.95. The number of hydrogen-bond acceptors (Lipinski definition) is 7. The number of benzene rings is 1. The Balaban J connectivity index is 2.37. The molecule has 1 aromatic rings. The molecule has 1 heterocycles. The number of amides is 1. The normalized spacial score (nSPS) is 16.4. The molecule has 0 spiro atoms. The summed E-state index contributed by atoms with van der Waals surface area (Å²) in [5.74, 6) is -1.30. The molecule has 2 rings (SSSR count). The van der Waals surface area contributed by atoms with Crippen molar-refractivity contribution in [1.29, 1.82) is 0 Å². The highest BCUT2D eigenvalue weighted by atomic mass is 35.6. The second-order valence-corrected chi connectivity index (χ2v) is 11.0. The number of hydrogen-bond donors (Lipinski definition) is 0. The molecule has 0 aromatic heterocycles. The van der Waals surface area contributed by atoms with Crippen LogP contribution in [0, 0.1) is 0 Å². The molecule has 1 aliphatic rings. The SMILES string of the molecule is CC(C)OC(=O)C[C@@H]1c2ccc(OS(=O)(=O)C(F)(F)F)cc2C=CN1C(=O)OCC(Cl)(Cl)Cl. The van der Waals surface area contributed by atoms with Gasteiger partial charge in [-0.05, 0) is 43.2 Å². The lowest BCUT2D eigenvalue weighted by Crippen LogP contribution is -2.36. The fraction of sp³-hybridized carbons (Fsp3) is 0.444. The fourth-order valence-corrected chi connectivity index (χ4v) is 3.34. The lowest BCUT2D eigenvalue weighted by Gasteiger charge is -2.32. The van der Waals surface area contributed by atoms with E-state index in [-0.39, 0.29) is 17.5 Å².